The third kappa shape index (κ3) is 30.0. The maximum atomic E-state index is 13.1. The molecule has 16 aromatic rings. The van der Waals surface area contributed by atoms with Gasteiger partial charge in [0.05, 0.1) is 140 Å². The van der Waals surface area contributed by atoms with Crippen molar-refractivity contribution in [2.75, 3.05) is 23.5 Å². The van der Waals surface area contributed by atoms with Crippen LogP contribution in [0.25, 0.3) is 42.3 Å². The van der Waals surface area contributed by atoms with Gasteiger partial charge in [-0.3, -0.25) is 90.1 Å². The van der Waals surface area contributed by atoms with E-state index in [2.05, 4.69) is 59.6 Å². The molecule has 0 saturated carbocycles. The van der Waals surface area contributed by atoms with Crippen LogP contribution < -0.4 is 35.4 Å². The first-order valence-corrected chi connectivity index (χ1v) is 45.9. The van der Waals surface area contributed by atoms with Gasteiger partial charge in [-0.2, -0.15) is 16.2 Å². The van der Waals surface area contributed by atoms with Crippen molar-refractivity contribution >= 4 is 167 Å². The van der Waals surface area contributed by atoms with E-state index < -0.39 is 60.9 Å². The van der Waals surface area contributed by atoms with E-state index in [1.807, 2.05) is 64.0 Å². The van der Waals surface area contributed by atoms with Crippen LogP contribution in [0.1, 0.15) is 52.0 Å². The van der Waals surface area contributed by atoms with E-state index in [4.69, 9.17) is 59.3 Å². The number of fused-ring (bicyclic) bond motifs is 3. The number of aryl methyl sites for hydroxylation is 2. The molecule has 3 aliphatic rings. The summed E-state index contributed by atoms with van der Waals surface area (Å²) in [5.41, 5.74) is 16.7. The number of ether oxygens (including phenoxy) is 3. The molecule has 0 bridgehead atoms. The summed E-state index contributed by atoms with van der Waals surface area (Å²) >= 11 is 17.5. The summed E-state index contributed by atoms with van der Waals surface area (Å²) < 4.78 is 15.7. The van der Waals surface area contributed by atoms with E-state index in [-0.39, 0.29) is 87.1 Å². The number of nitrogen functional groups attached to an aromatic ring is 2. The molecule has 50 heteroatoms. The number of amides is 4. The number of thiophene rings is 5. The van der Waals surface area contributed by atoms with E-state index in [1.54, 1.807) is 155 Å². The maximum Gasteiger partial charge on any atom is 0.499 e. The number of hydrogen-bond donors (Lipinski definition) is 5. The molecule has 712 valence electrons. The summed E-state index contributed by atoms with van der Waals surface area (Å²) in [4.78, 5) is 167. The molecular weight excluding hydrogens is 1950 g/mol. The average Bonchev–Trinajstić information content (AvgIpc) is 1.06. The van der Waals surface area contributed by atoms with Crippen molar-refractivity contribution in [1.82, 2.24) is 64.6 Å². The third-order valence-corrected chi connectivity index (χ3v) is 23.7. The van der Waals surface area contributed by atoms with Crippen LogP contribution in [0.15, 0.2) is 276 Å². The van der Waals surface area contributed by atoms with Crippen molar-refractivity contribution in [2.24, 2.45) is 0 Å². The average molecular weight is 2030 g/mol. The number of aromatic nitrogens is 11. The number of benzene rings is 3. The molecule has 7 N–H and O–H groups in total. The van der Waals surface area contributed by atoms with Gasteiger partial charge in [0.25, 0.3) is 11.4 Å². The van der Waals surface area contributed by atoms with E-state index in [1.165, 1.54) is 141 Å². The number of hydrogen-bond acceptors (Lipinski definition) is 39. The zero-order valence-electron chi connectivity index (χ0n) is 72.6. The second-order valence-electron chi connectivity index (χ2n) is 28.0. The number of nitro groups is 5. The van der Waals surface area contributed by atoms with Crippen molar-refractivity contribution < 1.29 is 78.0 Å². The summed E-state index contributed by atoms with van der Waals surface area (Å²) in [6.07, 6.45) is 10.7. The number of carbonyl (C=O) groups is 5. The first kappa shape index (κ1) is 104. The molecule has 19 rings (SSSR count). The number of halogens is 2. The third-order valence-electron chi connectivity index (χ3n) is 18.9. The summed E-state index contributed by atoms with van der Waals surface area (Å²) in [5.74, 6) is -0.467. The zero-order chi connectivity index (χ0) is 100. The largest absolute Gasteiger partial charge is 0.499 e. The highest BCUT2D eigenvalue weighted by molar-refractivity contribution is 7.20. The molecule has 0 saturated heterocycles. The number of carbonyl (C=O) groups excluding carboxylic acids is 5. The highest BCUT2D eigenvalue weighted by atomic mass is 35.5. The molecule has 0 atom stereocenters. The fraction of sp³-hybridized carbons (Fsp3) is 0.111. The van der Waals surface area contributed by atoms with Crippen LogP contribution in [0.5, 0.6) is 17.2 Å². The second kappa shape index (κ2) is 51.9. The Bertz CT molecular complexity index is 6650. The van der Waals surface area contributed by atoms with E-state index in [9.17, 15) is 74.5 Å². The topological polar surface area (TPSA) is 593 Å². The van der Waals surface area contributed by atoms with Gasteiger partial charge in [0.15, 0.2) is 0 Å². The SMILES string of the molecule is CO.Nc1nc(-c2cccs2)ccc1[N+](=O)[O-].Nc1nc(Cl)ccc1[N+](=O)[O-].O=C(Cc1nc(-c2cccs2)ccc1[N+](=O)[O-])N1Cc2nccnc2C1.O=C(Cc1nc(-c2cccs2)ccc1[N+](=O)[O-])N1Cc2nccnc2C1.O=C(Cl)Oc1ccccc1.O=C(Oc1ccccc1)N(C(=O)Oc1ccccc1)c1nc(-c2cccs2)ccc1[N+](=O)[O-].OB(O)c1cccs1.c1cnc2c(n1)CCC2. The Morgan fingerprint density at radius 3 is 1.02 bits per heavy atom. The molecule has 0 unspecified atom stereocenters. The Hall–Kier alpha value is -16.6. The molecule has 0 radical (unpaired) electrons. The van der Waals surface area contributed by atoms with E-state index in [0.29, 0.717) is 69.3 Å². The monoisotopic (exact) mass is 2030 g/mol. The van der Waals surface area contributed by atoms with Gasteiger partial charge in [0.2, 0.25) is 29.3 Å². The van der Waals surface area contributed by atoms with Crippen LogP contribution >= 0.6 is 79.9 Å². The van der Waals surface area contributed by atoms with Crippen molar-refractivity contribution in [3.8, 4) is 59.5 Å². The number of para-hydroxylation sites is 3. The number of imide groups is 1. The lowest BCUT2D eigenvalue weighted by Crippen LogP contribution is -2.42. The highest BCUT2D eigenvalue weighted by Gasteiger charge is 2.37. The first-order valence-electron chi connectivity index (χ1n) is 40.7. The van der Waals surface area contributed by atoms with Crippen molar-refractivity contribution in [3.05, 3.63) is 378 Å². The predicted molar refractivity (Wildman–Crippen MR) is 524 cm³/mol. The van der Waals surface area contributed by atoms with Gasteiger partial charge in [-0.15, -0.1) is 45.3 Å². The molecule has 4 amide bonds. The van der Waals surface area contributed by atoms with Crippen molar-refractivity contribution in [3.63, 3.8) is 0 Å². The van der Waals surface area contributed by atoms with Gasteiger partial charge in [-0.25, -0.2) is 39.3 Å². The van der Waals surface area contributed by atoms with Crippen LogP contribution in [0, 0.1) is 50.6 Å². The Morgan fingerprint density at radius 2 is 0.707 bits per heavy atom. The van der Waals surface area contributed by atoms with Crippen molar-refractivity contribution in [2.45, 2.75) is 58.3 Å². The molecule has 1 aliphatic carbocycles. The van der Waals surface area contributed by atoms with Crippen LogP contribution in [0.2, 0.25) is 5.15 Å². The summed E-state index contributed by atoms with van der Waals surface area (Å²) in [5, 5.41) is 88.5. The van der Waals surface area contributed by atoms with Crippen LogP contribution in [0.3, 0.4) is 0 Å². The minimum atomic E-state index is -1.30. The normalized spacial score (nSPS) is 11.2. The summed E-state index contributed by atoms with van der Waals surface area (Å²) in [6, 6.07) is 57.1. The fourth-order valence-electron chi connectivity index (χ4n) is 12.6. The molecular formula is C90H74BCl2N21O21S5. The highest BCUT2D eigenvalue weighted by Crippen LogP contribution is 2.36. The minimum Gasteiger partial charge on any atom is -0.423 e. The lowest BCUT2D eigenvalue weighted by molar-refractivity contribution is -0.386. The van der Waals surface area contributed by atoms with Gasteiger partial charge >= 0.3 is 41.8 Å². The number of anilines is 3. The van der Waals surface area contributed by atoms with Crippen LogP contribution in [-0.2, 0) is 61.5 Å². The van der Waals surface area contributed by atoms with E-state index >= 15 is 0 Å². The Labute approximate surface area is 823 Å². The fourth-order valence-corrected chi connectivity index (χ4v) is 16.2. The minimum absolute atomic E-state index is 0.0501. The number of rotatable bonds is 18. The molecule has 0 spiro atoms. The molecule has 13 aromatic heterocycles. The van der Waals surface area contributed by atoms with Gasteiger partial charge in [0.1, 0.15) is 33.8 Å². The summed E-state index contributed by atoms with van der Waals surface area (Å²) in [6.45, 7) is 1.45. The number of aliphatic hydroxyl groups is 1. The Morgan fingerprint density at radius 1 is 0.393 bits per heavy atom. The molecule has 42 nitrogen and oxygen atoms in total. The maximum absolute atomic E-state index is 13.1. The van der Waals surface area contributed by atoms with Crippen LogP contribution in [0.4, 0.5) is 60.3 Å². The standard InChI is InChI=1S/C23H15N3O6S.2C17H13N5O3S.C9H7N3O2S.C7H5ClO2.C7H8N2.C5H4ClN3O2.C4H5BO2S.CH4O/c27-22(31-16-8-3-1-4-9-16)25(23(28)32-17-10-5-2-6-11-17)21-19(26(29)30)14-13-18(24-21)20-12-7-15-33-20;2*23-17(21-9-13-14(10-21)19-6-5-18-13)8-12-15(22(24)25)4-3-11(20-12)16-2-1-7-26-16;10-9-7(12(13)14)4-3-6(11-9)8-2-1-5-15-8;8-7(9)10-6-4-2-1-3-5-6;1-2-6-7(3-1)9-5-4-8-6;6-4-2-1-3(9(10)11)5(7)8-4;6-5(7)4-2-1-3-8-4;1-2/h1-15H;2*1-7H,8-10H2;1-5H,(H2,10,11);1-5H;4-5H,1-3H2;1-2H,(H2,7,8);1-3,6-7H;2H,1H3. The lowest BCUT2D eigenvalue weighted by Gasteiger charge is -2.19. The number of nitrogens with two attached hydrogens (primary N) is 2. The molecule has 140 heavy (non-hydrogen) atoms. The smallest absolute Gasteiger partial charge is 0.423 e. The van der Waals surface area contributed by atoms with Gasteiger partial charge in [-0.05, 0) is 137 Å². The Kier molecular flexibility index (Phi) is 38.5. The van der Waals surface area contributed by atoms with Crippen LogP contribution in [-0.4, -0.2) is 148 Å². The zero-order valence-corrected chi connectivity index (χ0v) is 78.2. The second-order valence-corrected chi connectivity index (χ2v) is 33.5. The number of nitrogens with zero attached hydrogens (tertiary/aromatic N) is 19. The number of pyridine rings is 5. The summed E-state index contributed by atoms with van der Waals surface area (Å²) in [7, 11) is -0.296. The van der Waals surface area contributed by atoms with Gasteiger partial charge in [-0.1, -0.05) is 103 Å². The van der Waals surface area contributed by atoms with Gasteiger partial charge < -0.3 is 50.6 Å². The lowest BCUT2D eigenvalue weighted by atomic mass is 9.90. The predicted octanol–water partition coefficient (Wildman–Crippen LogP) is 17.1. The van der Waals surface area contributed by atoms with Gasteiger partial charge in [0, 0.05) is 91.0 Å². The molecule has 3 aromatic carbocycles. The van der Waals surface area contributed by atoms with E-state index in [0.717, 1.165) is 57.4 Å². The molecule has 2 aliphatic heterocycles. The first-order chi connectivity index (χ1) is 67.6. The molecule has 0 fully saturated rings. The quantitative estimate of drug-likeness (QED) is 0.0175. The number of aliphatic hydroxyl groups excluding tert-OH is 1. The van der Waals surface area contributed by atoms with Crippen molar-refractivity contribution in [1.29, 1.82) is 0 Å². The molecule has 15 heterocycles. The Balaban J connectivity index is 0.000000160.